The van der Waals surface area contributed by atoms with Gasteiger partial charge in [-0.3, -0.25) is 4.98 Å². The Morgan fingerprint density at radius 3 is 2.57 bits per heavy atom. The molecule has 2 heterocycles. The normalized spacial score (nSPS) is 18.5. The van der Waals surface area contributed by atoms with E-state index in [1.807, 2.05) is 35.2 Å². The molecule has 0 spiro atoms. The first-order valence-electron chi connectivity index (χ1n) is 9.94. The molecule has 6 heteroatoms. The molecular formula is C22H26ClN3O2. The van der Waals surface area contributed by atoms with Gasteiger partial charge in [0, 0.05) is 42.4 Å². The molecule has 0 unspecified atom stereocenters. The summed E-state index contributed by atoms with van der Waals surface area (Å²) in [6.45, 7) is 2.56. The van der Waals surface area contributed by atoms with E-state index < -0.39 is 0 Å². The lowest BCUT2D eigenvalue weighted by Gasteiger charge is -2.38. The second kappa shape index (κ2) is 8.50. The van der Waals surface area contributed by atoms with Crippen molar-refractivity contribution in [2.75, 3.05) is 19.8 Å². The summed E-state index contributed by atoms with van der Waals surface area (Å²) in [4.78, 5) is 19.3. The molecule has 1 aromatic carbocycles. The van der Waals surface area contributed by atoms with E-state index in [1.165, 1.54) is 5.56 Å². The Kier molecular flexibility index (Phi) is 5.83. The summed E-state index contributed by atoms with van der Waals surface area (Å²) in [5.41, 5.74) is 2.02. The van der Waals surface area contributed by atoms with Gasteiger partial charge >= 0.3 is 6.03 Å². The van der Waals surface area contributed by atoms with Crippen LogP contribution in [-0.4, -0.2) is 41.7 Å². The molecule has 1 aliphatic heterocycles. The minimum Gasteiger partial charge on any atom is -0.381 e. The van der Waals surface area contributed by atoms with Crippen LogP contribution in [-0.2, 0) is 16.7 Å². The SMILES string of the molecule is O=C(NCC1(c2ccc(Cl)cc2)CCOCC1)N(Cc1ccccn1)C1CC1. The minimum atomic E-state index is -0.112. The van der Waals surface area contributed by atoms with Crippen LogP contribution in [0.3, 0.4) is 0 Å². The Balaban J connectivity index is 1.46. The van der Waals surface area contributed by atoms with Gasteiger partial charge in [-0.25, -0.2) is 4.79 Å². The summed E-state index contributed by atoms with van der Waals surface area (Å²) >= 11 is 6.08. The molecule has 5 nitrogen and oxygen atoms in total. The van der Waals surface area contributed by atoms with Crippen molar-refractivity contribution in [3.05, 3.63) is 64.9 Å². The van der Waals surface area contributed by atoms with Gasteiger partial charge < -0.3 is 15.0 Å². The second-order valence-electron chi connectivity index (χ2n) is 7.74. The van der Waals surface area contributed by atoms with Gasteiger partial charge in [0.15, 0.2) is 0 Å². The van der Waals surface area contributed by atoms with Crippen LogP contribution < -0.4 is 5.32 Å². The third-order valence-corrected chi connectivity index (χ3v) is 6.04. The molecule has 2 fully saturated rings. The molecule has 4 rings (SSSR count). The maximum Gasteiger partial charge on any atom is 0.318 e. The van der Waals surface area contributed by atoms with E-state index in [-0.39, 0.29) is 11.4 Å². The molecular weight excluding hydrogens is 374 g/mol. The summed E-state index contributed by atoms with van der Waals surface area (Å²) in [5, 5.41) is 3.95. The average Bonchev–Trinajstić information content (AvgIpc) is 3.57. The molecule has 148 valence electrons. The Morgan fingerprint density at radius 2 is 1.93 bits per heavy atom. The average molecular weight is 400 g/mol. The molecule has 1 saturated heterocycles. The van der Waals surface area contributed by atoms with E-state index in [9.17, 15) is 4.79 Å². The van der Waals surface area contributed by atoms with Crippen LogP contribution in [0.5, 0.6) is 0 Å². The molecule has 2 aliphatic rings. The Bertz CT molecular complexity index is 787. The van der Waals surface area contributed by atoms with Crippen LogP contribution in [0.2, 0.25) is 5.02 Å². The van der Waals surface area contributed by atoms with Crippen LogP contribution in [0.25, 0.3) is 0 Å². The number of benzene rings is 1. The maximum absolute atomic E-state index is 13.0. The number of pyridine rings is 1. The summed E-state index contributed by atoms with van der Waals surface area (Å²) in [7, 11) is 0. The lowest BCUT2D eigenvalue weighted by molar-refractivity contribution is 0.0500. The predicted octanol–water partition coefficient (Wildman–Crippen LogP) is 4.16. The number of halogens is 1. The fourth-order valence-electron chi connectivity index (χ4n) is 3.90. The molecule has 1 aromatic heterocycles. The number of hydrogen-bond acceptors (Lipinski definition) is 3. The lowest BCUT2D eigenvalue weighted by atomic mass is 9.74. The topological polar surface area (TPSA) is 54.5 Å². The number of nitrogens with zero attached hydrogens (tertiary/aromatic N) is 2. The highest BCUT2D eigenvalue weighted by molar-refractivity contribution is 6.30. The molecule has 1 saturated carbocycles. The standard InChI is InChI=1S/C22H26ClN3O2/c23-18-6-4-17(5-7-18)22(10-13-28-14-11-22)16-25-21(27)26(20-8-9-20)15-19-3-1-2-12-24-19/h1-7,12,20H,8-11,13-16H2,(H,25,27). The Hall–Kier alpha value is -2.11. The highest BCUT2D eigenvalue weighted by Gasteiger charge is 2.37. The van der Waals surface area contributed by atoms with Crippen molar-refractivity contribution in [2.45, 2.75) is 43.7 Å². The van der Waals surface area contributed by atoms with E-state index in [0.717, 1.165) is 36.4 Å². The fourth-order valence-corrected chi connectivity index (χ4v) is 4.02. The highest BCUT2D eigenvalue weighted by atomic mass is 35.5. The van der Waals surface area contributed by atoms with Crippen molar-refractivity contribution in [3.63, 3.8) is 0 Å². The number of amides is 2. The zero-order chi connectivity index (χ0) is 19.4. The van der Waals surface area contributed by atoms with Crippen molar-refractivity contribution in [1.82, 2.24) is 15.2 Å². The number of carbonyl (C=O) groups is 1. The van der Waals surface area contributed by atoms with Gasteiger partial charge in [0.1, 0.15) is 0 Å². The van der Waals surface area contributed by atoms with Gasteiger partial charge in [-0.2, -0.15) is 0 Å². The number of nitrogens with one attached hydrogen (secondary N) is 1. The molecule has 0 bridgehead atoms. The fraction of sp³-hybridized carbons (Fsp3) is 0.455. The van der Waals surface area contributed by atoms with Gasteiger partial charge in [0.25, 0.3) is 0 Å². The molecule has 28 heavy (non-hydrogen) atoms. The number of carbonyl (C=O) groups excluding carboxylic acids is 1. The maximum atomic E-state index is 13.0. The van der Waals surface area contributed by atoms with Crippen LogP contribution in [0.4, 0.5) is 4.79 Å². The molecule has 2 aromatic rings. The zero-order valence-electron chi connectivity index (χ0n) is 15.9. The summed E-state index contributed by atoms with van der Waals surface area (Å²) in [6.07, 6.45) is 5.68. The van der Waals surface area contributed by atoms with Gasteiger partial charge in [-0.15, -0.1) is 0 Å². The second-order valence-corrected chi connectivity index (χ2v) is 8.17. The Morgan fingerprint density at radius 1 is 1.18 bits per heavy atom. The quantitative estimate of drug-likeness (QED) is 0.793. The van der Waals surface area contributed by atoms with E-state index in [2.05, 4.69) is 22.4 Å². The van der Waals surface area contributed by atoms with Crippen LogP contribution in [0.15, 0.2) is 48.7 Å². The summed E-state index contributed by atoms with van der Waals surface area (Å²) in [5.74, 6) is 0. The number of urea groups is 1. The van der Waals surface area contributed by atoms with E-state index in [0.29, 0.717) is 32.3 Å². The van der Waals surface area contributed by atoms with Crippen molar-refractivity contribution in [2.24, 2.45) is 0 Å². The van der Waals surface area contributed by atoms with Gasteiger partial charge in [0.05, 0.1) is 12.2 Å². The molecule has 1 aliphatic carbocycles. The van der Waals surface area contributed by atoms with Crippen molar-refractivity contribution in [1.29, 1.82) is 0 Å². The van der Waals surface area contributed by atoms with Crippen LogP contribution in [0, 0.1) is 0 Å². The molecule has 0 radical (unpaired) electrons. The highest BCUT2D eigenvalue weighted by Crippen LogP contribution is 2.35. The first-order valence-corrected chi connectivity index (χ1v) is 10.3. The first-order chi connectivity index (χ1) is 13.7. The monoisotopic (exact) mass is 399 g/mol. The lowest BCUT2D eigenvalue weighted by Crippen LogP contribution is -2.49. The minimum absolute atomic E-state index is 0.00650. The number of aromatic nitrogens is 1. The number of rotatable bonds is 6. The van der Waals surface area contributed by atoms with E-state index in [1.54, 1.807) is 6.20 Å². The van der Waals surface area contributed by atoms with E-state index >= 15 is 0 Å². The summed E-state index contributed by atoms with van der Waals surface area (Å²) in [6, 6.07) is 14.1. The molecule has 2 amide bonds. The zero-order valence-corrected chi connectivity index (χ0v) is 16.7. The van der Waals surface area contributed by atoms with Gasteiger partial charge in [0.2, 0.25) is 0 Å². The number of ether oxygens (including phenoxy) is 1. The third kappa shape index (κ3) is 4.47. The first kappa shape index (κ1) is 19.2. The smallest absolute Gasteiger partial charge is 0.318 e. The van der Waals surface area contributed by atoms with Crippen molar-refractivity contribution >= 4 is 17.6 Å². The third-order valence-electron chi connectivity index (χ3n) is 5.79. The molecule has 1 N–H and O–H groups in total. The van der Waals surface area contributed by atoms with E-state index in [4.69, 9.17) is 16.3 Å². The van der Waals surface area contributed by atoms with Crippen LogP contribution >= 0.6 is 11.6 Å². The summed E-state index contributed by atoms with van der Waals surface area (Å²) < 4.78 is 5.59. The van der Waals surface area contributed by atoms with Gasteiger partial charge in [-0.1, -0.05) is 29.8 Å². The largest absolute Gasteiger partial charge is 0.381 e. The predicted molar refractivity (Wildman–Crippen MR) is 109 cm³/mol. The van der Waals surface area contributed by atoms with Gasteiger partial charge in [-0.05, 0) is 55.5 Å². The van der Waals surface area contributed by atoms with Crippen molar-refractivity contribution in [3.8, 4) is 0 Å². The number of hydrogen-bond donors (Lipinski definition) is 1. The van der Waals surface area contributed by atoms with Crippen LogP contribution in [0.1, 0.15) is 36.9 Å². The molecule has 0 atom stereocenters. The Labute approximate surface area is 171 Å². The van der Waals surface area contributed by atoms with Crippen molar-refractivity contribution < 1.29 is 9.53 Å².